The number of nitrogens with zero attached hydrogens (tertiary/aromatic N) is 2. The standard InChI is InChI=1S/C15H13BrN2O/c1-10(19)12-7-6-11(8-13(12)16)18-9-17-14-4-2-3-5-15(14)18/h2-10,19H,1H3. The second-order valence-corrected chi connectivity index (χ2v) is 5.34. The molecule has 1 N–H and O–H groups in total. The van der Waals surface area contributed by atoms with Crippen molar-refractivity contribution < 1.29 is 5.11 Å². The van der Waals surface area contributed by atoms with Gasteiger partial charge in [-0.05, 0) is 36.8 Å². The average Bonchev–Trinajstić information content (AvgIpc) is 2.82. The van der Waals surface area contributed by atoms with Crippen LogP contribution >= 0.6 is 15.9 Å². The van der Waals surface area contributed by atoms with Gasteiger partial charge in [0.15, 0.2) is 0 Å². The van der Waals surface area contributed by atoms with E-state index in [-0.39, 0.29) is 0 Å². The molecule has 0 aliphatic heterocycles. The highest BCUT2D eigenvalue weighted by molar-refractivity contribution is 9.10. The van der Waals surface area contributed by atoms with E-state index in [9.17, 15) is 5.11 Å². The Hall–Kier alpha value is -1.65. The van der Waals surface area contributed by atoms with Crippen LogP contribution in [0.2, 0.25) is 0 Å². The van der Waals surface area contributed by atoms with Gasteiger partial charge >= 0.3 is 0 Å². The molecule has 1 unspecified atom stereocenters. The van der Waals surface area contributed by atoms with Gasteiger partial charge < -0.3 is 5.11 Å². The molecule has 0 amide bonds. The summed E-state index contributed by atoms with van der Waals surface area (Å²) in [6.45, 7) is 1.76. The number of hydrogen-bond donors (Lipinski definition) is 1. The first kappa shape index (κ1) is 12.4. The zero-order chi connectivity index (χ0) is 13.4. The van der Waals surface area contributed by atoms with Gasteiger partial charge in [0.2, 0.25) is 0 Å². The fraction of sp³-hybridized carbons (Fsp3) is 0.133. The number of aliphatic hydroxyl groups excluding tert-OH is 1. The van der Waals surface area contributed by atoms with Gasteiger partial charge in [-0.3, -0.25) is 4.57 Å². The first-order chi connectivity index (χ1) is 9.16. The summed E-state index contributed by atoms with van der Waals surface area (Å²) in [5.74, 6) is 0. The first-order valence-electron chi connectivity index (χ1n) is 6.07. The maximum atomic E-state index is 9.65. The lowest BCUT2D eigenvalue weighted by atomic mass is 10.1. The van der Waals surface area contributed by atoms with E-state index in [1.807, 2.05) is 53.4 Å². The van der Waals surface area contributed by atoms with Gasteiger partial charge in [0.05, 0.1) is 17.1 Å². The molecule has 4 heteroatoms. The van der Waals surface area contributed by atoms with Gasteiger partial charge in [-0.15, -0.1) is 0 Å². The van der Waals surface area contributed by atoms with Crippen LogP contribution in [0.5, 0.6) is 0 Å². The van der Waals surface area contributed by atoms with Gasteiger partial charge in [0.25, 0.3) is 0 Å². The Morgan fingerprint density at radius 2 is 2.00 bits per heavy atom. The third kappa shape index (κ3) is 2.17. The average molecular weight is 317 g/mol. The summed E-state index contributed by atoms with van der Waals surface area (Å²) >= 11 is 3.50. The fourth-order valence-corrected chi connectivity index (χ4v) is 2.87. The number of aromatic nitrogens is 2. The third-order valence-electron chi connectivity index (χ3n) is 3.17. The number of halogens is 1. The molecule has 1 atom stereocenters. The molecule has 96 valence electrons. The van der Waals surface area contributed by atoms with Gasteiger partial charge in [-0.25, -0.2) is 4.98 Å². The summed E-state index contributed by atoms with van der Waals surface area (Å²) in [7, 11) is 0. The monoisotopic (exact) mass is 316 g/mol. The molecule has 0 aliphatic carbocycles. The van der Waals surface area contributed by atoms with Crippen LogP contribution in [0.15, 0.2) is 53.3 Å². The minimum Gasteiger partial charge on any atom is -0.389 e. The van der Waals surface area contributed by atoms with E-state index in [0.29, 0.717) is 0 Å². The second kappa shape index (κ2) is 4.79. The molecule has 0 fully saturated rings. The number of fused-ring (bicyclic) bond motifs is 1. The lowest BCUT2D eigenvalue weighted by Gasteiger charge is -2.10. The number of hydrogen-bond acceptors (Lipinski definition) is 2. The van der Waals surface area contributed by atoms with Crippen molar-refractivity contribution >= 4 is 27.0 Å². The molecule has 1 aromatic heterocycles. The number of imidazole rings is 1. The van der Waals surface area contributed by atoms with Crippen molar-refractivity contribution in [3.8, 4) is 5.69 Å². The maximum Gasteiger partial charge on any atom is 0.100 e. The first-order valence-corrected chi connectivity index (χ1v) is 6.86. The summed E-state index contributed by atoms with van der Waals surface area (Å²) in [4.78, 5) is 4.38. The van der Waals surface area contributed by atoms with Crippen LogP contribution in [0.4, 0.5) is 0 Å². The molecule has 0 spiro atoms. The lowest BCUT2D eigenvalue weighted by Crippen LogP contribution is -1.96. The van der Waals surface area contributed by atoms with Crippen LogP contribution in [0.1, 0.15) is 18.6 Å². The van der Waals surface area contributed by atoms with Crippen molar-refractivity contribution in [1.82, 2.24) is 9.55 Å². The molecule has 19 heavy (non-hydrogen) atoms. The molecule has 0 aliphatic rings. The van der Waals surface area contributed by atoms with Crippen molar-refractivity contribution in [3.63, 3.8) is 0 Å². The summed E-state index contributed by atoms with van der Waals surface area (Å²) in [6.07, 6.45) is 1.33. The summed E-state index contributed by atoms with van der Waals surface area (Å²) < 4.78 is 2.93. The third-order valence-corrected chi connectivity index (χ3v) is 3.85. The van der Waals surface area contributed by atoms with E-state index in [1.54, 1.807) is 6.92 Å². The van der Waals surface area contributed by atoms with Crippen LogP contribution < -0.4 is 0 Å². The molecule has 3 nitrogen and oxygen atoms in total. The van der Waals surface area contributed by atoms with Gasteiger partial charge in [-0.2, -0.15) is 0 Å². The van der Waals surface area contributed by atoms with Crippen LogP contribution in [-0.2, 0) is 0 Å². The van der Waals surface area contributed by atoms with Crippen LogP contribution in [-0.4, -0.2) is 14.7 Å². The van der Waals surface area contributed by atoms with Crippen molar-refractivity contribution in [2.45, 2.75) is 13.0 Å². The second-order valence-electron chi connectivity index (χ2n) is 4.49. The number of benzene rings is 2. The summed E-state index contributed by atoms with van der Waals surface area (Å²) in [5, 5.41) is 9.65. The Bertz CT molecular complexity index is 734. The Morgan fingerprint density at radius 1 is 1.21 bits per heavy atom. The molecule has 1 heterocycles. The highest BCUT2D eigenvalue weighted by Gasteiger charge is 2.09. The predicted molar refractivity (Wildman–Crippen MR) is 79.4 cm³/mol. The normalized spacial score (nSPS) is 12.8. The molecule has 3 aromatic rings. The van der Waals surface area contributed by atoms with Crippen LogP contribution in [0.3, 0.4) is 0 Å². The topological polar surface area (TPSA) is 38.0 Å². The number of para-hydroxylation sites is 2. The Labute approximate surface area is 119 Å². The molecule has 0 saturated carbocycles. The largest absolute Gasteiger partial charge is 0.389 e. The minimum absolute atomic E-state index is 0.483. The molecule has 0 radical (unpaired) electrons. The van der Waals surface area contributed by atoms with E-state index in [4.69, 9.17) is 0 Å². The van der Waals surface area contributed by atoms with Gasteiger partial charge in [0, 0.05) is 10.2 Å². The Balaban J connectivity index is 2.14. The SMILES string of the molecule is CC(O)c1ccc(-n2cnc3ccccc32)cc1Br. The molecule has 0 saturated heterocycles. The maximum absolute atomic E-state index is 9.65. The lowest BCUT2D eigenvalue weighted by molar-refractivity contribution is 0.198. The van der Waals surface area contributed by atoms with Gasteiger partial charge in [-0.1, -0.05) is 34.1 Å². The van der Waals surface area contributed by atoms with Crippen LogP contribution in [0, 0.1) is 0 Å². The molecular weight excluding hydrogens is 304 g/mol. The quantitative estimate of drug-likeness (QED) is 0.780. The zero-order valence-electron chi connectivity index (χ0n) is 10.4. The number of aliphatic hydroxyl groups is 1. The molecular formula is C15H13BrN2O. The van der Waals surface area contributed by atoms with Crippen molar-refractivity contribution in [3.05, 3.63) is 58.8 Å². The number of rotatable bonds is 2. The van der Waals surface area contributed by atoms with Crippen molar-refractivity contribution in [2.75, 3.05) is 0 Å². The fourth-order valence-electron chi connectivity index (χ4n) is 2.17. The highest BCUT2D eigenvalue weighted by atomic mass is 79.9. The van der Waals surface area contributed by atoms with E-state index >= 15 is 0 Å². The van der Waals surface area contributed by atoms with E-state index in [0.717, 1.165) is 26.8 Å². The Morgan fingerprint density at radius 3 is 2.74 bits per heavy atom. The Kier molecular flexibility index (Phi) is 3.12. The van der Waals surface area contributed by atoms with E-state index < -0.39 is 6.10 Å². The zero-order valence-corrected chi connectivity index (χ0v) is 12.0. The van der Waals surface area contributed by atoms with Crippen molar-refractivity contribution in [1.29, 1.82) is 0 Å². The van der Waals surface area contributed by atoms with Gasteiger partial charge in [0.1, 0.15) is 6.33 Å². The molecule has 2 aromatic carbocycles. The minimum atomic E-state index is -0.483. The molecule has 3 rings (SSSR count). The summed E-state index contributed by atoms with van der Waals surface area (Å²) in [5.41, 5.74) is 3.94. The van der Waals surface area contributed by atoms with Crippen molar-refractivity contribution in [2.24, 2.45) is 0 Å². The smallest absolute Gasteiger partial charge is 0.100 e. The van der Waals surface area contributed by atoms with Crippen LogP contribution in [0.25, 0.3) is 16.7 Å². The highest BCUT2D eigenvalue weighted by Crippen LogP contribution is 2.27. The predicted octanol–water partition coefficient (Wildman–Crippen LogP) is 3.84. The van der Waals surface area contributed by atoms with E-state index in [2.05, 4.69) is 20.9 Å². The molecule has 0 bridgehead atoms. The summed E-state index contributed by atoms with van der Waals surface area (Å²) in [6, 6.07) is 13.9. The van der Waals surface area contributed by atoms with E-state index in [1.165, 1.54) is 0 Å².